The second-order valence-electron chi connectivity index (χ2n) is 21.2. The minimum Gasteiger partial charge on any atom is -0.481 e. The lowest BCUT2D eigenvalue weighted by atomic mass is 9.59. The Hall–Kier alpha value is -7.58. The third kappa shape index (κ3) is 11.4. The molecule has 4 N–H and O–H groups in total. The van der Waals surface area contributed by atoms with Gasteiger partial charge in [0.05, 0.1) is 49.0 Å². The number of rotatable bonds is 17. The summed E-state index contributed by atoms with van der Waals surface area (Å²) in [5, 5.41) is 25.7. The number of carbonyl (C=O) groups excluding carboxylic acids is 1. The molecule has 6 aromatic rings. The number of pyridine rings is 3. The van der Waals surface area contributed by atoms with Crippen molar-refractivity contribution in [3.05, 3.63) is 117 Å². The van der Waals surface area contributed by atoms with Crippen molar-refractivity contribution < 1.29 is 46.6 Å². The van der Waals surface area contributed by atoms with Crippen LogP contribution in [0.1, 0.15) is 91.4 Å². The Bertz CT molecular complexity index is 3360. The summed E-state index contributed by atoms with van der Waals surface area (Å²) in [6.07, 6.45) is 14.6. The number of carbonyl (C=O) groups is 1. The highest BCUT2D eigenvalue weighted by molar-refractivity contribution is 7.90. The van der Waals surface area contributed by atoms with Gasteiger partial charge in [-0.3, -0.25) is 24.7 Å². The number of halogens is 1. The van der Waals surface area contributed by atoms with Gasteiger partial charge in [-0.25, -0.2) is 22.5 Å². The largest absolute Gasteiger partial charge is 0.481 e. The predicted molar refractivity (Wildman–Crippen MR) is 289 cm³/mol. The molecule has 2 aliphatic heterocycles. The van der Waals surface area contributed by atoms with Gasteiger partial charge in [-0.1, -0.05) is 24.1 Å². The van der Waals surface area contributed by atoms with Gasteiger partial charge in [-0.2, -0.15) is 9.97 Å². The maximum absolute atomic E-state index is 14.9. The summed E-state index contributed by atoms with van der Waals surface area (Å²) in [6.45, 7) is 6.68. The number of terminal acetylenes is 1. The van der Waals surface area contributed by atoms with Crippen molar-refractivity contribution in [2.24, 2.45) is 11.3 Å². The highest BCUT2D eigenvalue weighted by Crippen LogP contribution is 2.53. The molecule has 2 saturated carbocycles. The van der Waals surface area contributed by atoms with E-state index in [9.17, 15) is 32.8 Å². The number of H-pyrrole nitrogens is 1. The fraction of sp³-hybridized carbons (Fsp3) is 0.429. The topological polar surface area (TPSA) is 240 Å². The number of amides is 1. The number of aliphatic hydroxyl groups is 1. The van der Waals surface area contributed by atoms with Crippen LogP contribution < -0.4 is 33.9 Å². The van der Waals surface area contributed by atoms with Crippen LogP contribution in [0, 0.1) is 39.6 Å². The van der Waals surface area contributed by atoms with Gasteiger partial charge in [-0.05, 0) is 98.9 Å². The Morgan fingerprint density at radius 1 is 0.962 bits per heavy atom. The number of piperidine rings is 1. The molecule has 0 unspecified atom stereocenters. The van der Waals surface area contributed by atoms with Gasteiger partial charge >= 0.3 is 5.69 Å². The van der Waals surface area contributed by atoms with Crippen molar-refractivity contribution in [2.75, 3.05) is 70.8 Å². The maximum Gasteiger partial charge on any atom is 0.312 e. The van der Waals surface area contributed by atoms with E-state index in [0.717, 1.165) is 80.5 Å². The number of sulfonamides is 1. The van der Waals surface area contributed by atoms with Crippen LogP contribution in [-0.2, 0) is 16.6 Å². The average molecular weight is 1090 g/mol. The number of fused-ring (bicyclic) bond motifs is 1. The van der Waals surface area contributed by atoms with Crippen LogP contribution in [0.15, 0.2) is 84.0 Å². The zero-order valence-corrected chi connectivity index (χ0v) is 44.8. The quantitative estimate of drug-likeness (QED) is 0.0384. The van der Waals surface area contributed by atoms with Crippen LogP contribution in [0.5, 0.6) is 29.1 Å². The van der Waals surface area contributed by atoms with E-state index < -0.39 is 42.9 Å². The number of hydrogen-bond donors (Lipinski definition) is 4. The van der Waals surface area contributed by atoms with Crippen LogP contribution in [0.2, 0.25) is 0 Å². The van der Waals surface area contributed by atoms with Crippen LogP contribution in [0.3, 0.4) is 0 Å². The van der Waals surface area contributed by atoms with E-state index >= 15 is 0 Å². The summed E-state index contributed by atoms with van der Waals surface area (Å²) >= 11 is 0. The Balaban J connectivity index is 0.854. The number of nitrogens with one attached hydrogen (secondary N) is 3. The molecule has 1 amide bonds. The smallest absolute Gasteiger partial charge is 0.312 e. The van der Waals surface area contributed by atoms with E-state index in [2.05, 4.69) is 51.9 Å². The van der Waals surface area contributed by atoms with Crippen molar-refractivity contribution >= 4 is 44.2 Å². The molecule has 22 heteroatoms. The van der Waals surface area contributed by atoms with Gasteiger partial charge in [0.25, 0.3) is 21.8 Å². The van der Waals surface area contributed by atoms with E-state index in [1.807, 2.05) is 35.1 Å². The zero-order valence-electron chi connectivity index (χ0n) is 44.0. The minimum absolute atomic E-state index is 0.0304. The number of nitro groups is 1. The monoisotopic (exact) mass is 1090 g/mol. The maximum atomic E-state index is 14.9. The molecule has 2 aromatic carbocycles. The number of aromatic amines is 1. The molecule has 78 heavy (non-hydrogen) atoms. The molecule has 1 spiro atoms. The van der Waals surface area contributed by atoms with Crippen molar-refractivity contribution in [3.63, 3.8) is 0 Å². The normalized spacial score (nSPS) is 20.9. The number of nitrogens with zero attached hydrogens (tertiary/aromatic N) is 7. The fourth-order valence-corrected chi connectivity index (χ4v) is 12.6. The number of anilines is 2. The molecule has 1 atom stereocenters. The molecular formula is C56H63FN10O10S. The first-order valence-electron chi connectivity index (χ1n) is 26.1. The summed E-state index contributed by atoms with van der Waals surface area (Å²) in [7, 11) is -0.212. The third-order valence-electron chi connectivity index (χ3n) is 16.1. The van der Waals surface area contributed by atoms with Gasteiger partial charge in [0.2, 0.25) is 17.6 Å². The van der Waals surface area contributed by atoms with Crippen LogP contribution in [-0.4, -0.2) is 126 Å². The van der Waals surface area contributed by atoms with Crippen molar-refractivity contribution in [3.8, 4) is 41.5 Å². The van der Waals surface area contributed by atoms with Gasteiger partial charge in [0.1, 0.15) is 22.1 Å². The number of piperazine rings is 1. The second kappa shape index (κ2) is 22.0. The number of ether oxygens (including phenoxy) is 4. The van der Waals surface area contributed by atoms with E-state index in [4.69, 9.17) is 25.4 Å². The summed E-state index contributed by atoms with van der Waals surface area (Å²) in [5.74, 6) is 2.07. The van der Waals surface area contributed by atoms with Gasteiger partial charge in [-0.15, -0.1) is 6.42 Å². The molecular weight excluding hydrogens is 1020 g/mol. The van der Waals surface area contributed by atoms with Gasteiger partial charge < -0.3 is 39.3 Å². The van der Waals surface area contributed by atoms with Crippen molar-refractivity contribution in [1.82, 2.24) is 34.5 Å². The van der Waals surface area contributed by atoms with Crippen LogP contribution >= 0.6 is 0 Å². The molecule has 4 aliphatic rings. The average Bonchev–Trinajstić information content (AvgIpc) is 3.84. The van der Waals surface area contributed by atoms with E-state index in [0.29, 0.717) is 75.4 Å². The second-order valence-corrected chi connectivity index (χ2v) is 22.9. The lowest BCUT2D eigenvalue weighted by Gasteiger charge is -2.58. The molecule has 4 fully saturated rings. The molecule has 2 aliphatic carbocycles. The highest BCUT2D eigenvalue weighted by atomic mass is 32.2. The number of benzene rings is 2. The Morgan fingerprint density at radius 2 is 1.69 bits per heavy atom. The molecule has 0 radical (unpaired) electrons. The molecule has 4 aromatic heterocycles. The predicted octanol–water partition coefficient (Wildman–Crippen LogP) is 7.98. The summed E-state index contributed by atoms with van der Waals surface area (Å²) < 4.78 is 67.5. The summed E-state index contributed by atoms with van der Waals surface area (Å²) in [4.78, 5) is 47.9. The third-order valence-corrected chi connectivity index (χ3v) is 17.4. The summed E-state index contributed by atoms with van der Waals surface area (Å²) in [6, 6.07) is 19.5. The SMILES string of the molecule is C#Cc1ccccc1[C@@H]1CN(Cc2cc(OC)nc(OC)c2)CCN1C1CC2(CCN(c3ccc(C(=O)NS(=O)(=O)c4cnc(NCC5CCC(C)(O)CC5)c([N+](=O)[O-])c4)c(Oc4cc5c(F)c[nH]c5nc4OC)c3)CC2)C1. The van der Waals surface area contributed by atoms with Crippen molar-refractivity contribution in [2.45, 2.75) is 87.4 Å². The number of methoxy groups -OCH3 is 3. The first-order chi connectivity index (χ1) is 37.5. The first kappa shape index (κ1) is 53.8. The van der Waals surface area contributed by atoms with Crippen molar-refractivity contribution in [1.29, 1.82) is 0 Å². The Labute approximate surface area is 451 Å². The lowest BCUT2D eigenvalue weighted by Crippen LogP contribution is -2.59. The van der Waals surface area contributed by atoms with E-state index in [1.54, 1.807) is 33.3 Å². The molecule has 0 bridgehead atoms. The molecule has 10 rings (SSSR count). The van der Waals surface area contributed by atoms with Gasteiger partial charge in [0, 0.05) is 106 Å². The molecule has 6 heterocycles. The number of aromatic nitrogens is 4. The molecule has 20 nitrogen and oxygen atoms in total. The van der Waals surface area contributed by atoms with Gasteiger partial charge in [0.15, 0.2) is 5.75 Å². The van der Waals surface area contributed by atoms with E-state index in [-0.39, 0.29) is 57.2 Å². The van der Waals surface area contributed by atoms with E-state index in [1.165, 1.54) is 19.2 Å². The lowest BCUT2D eigenvalue weighted by molar-refractivity contribution is -0.384. The molecule has 2 saturated heterocycles. The Kier molecular flexibility index (Phi) is 15.2. The Morgan fingerprint density at radius 3 is 2.38 bits per heavy atom. The van der Waals surface area contributed by atoms with Crippen LogP contribution in [0.4, 0.5) is 21.6 Å². The minimum atomic E-state index is -4.76. The first-order valence-corrected chi connectivity index (χ1v) is 27.5. The van der Waals surface area contributed by atoms with Crippen LogP contribution in [0.25, 0.3) is 11.0 Å². The fourth-order valence-electron chi connectivity index (χ4n) is 11.7. The number of hydrogen-bond acceptors (Lipinski definition) is 17. The highest BCUT2D eigenvalue weighted by Gasteiger charge is 2.50. The molecule has 410 valence electrons. The zero-order chi connectivity index (χ0) is 54.9. The summed E-state index contributed by atoms with van der Waals surface area (Å²) in [5.41, 5.74) is 2.51. The standard InChI is InChI=1S/C56H63FN10O10S/c1-6-37-9-7-8-10-41(37)46-34-64(33-36-23-49(74-3)61-50(24-36)75-4)21-22-66(46)39-28-56(29-39)17-19-65(20-18-56)38-11-12-42(47(25-38)77-48-27-43-44(57)32-60-51(43)62-54(48)76-5)53(68)63-78(72,73)40-26-45(67(70)71)52(59-31-40)58-30-35-13-15-55(2,69)16-14-35/h1,7-12,23-27,31-32,35,39,46,69H,13-22,28-30,33-34H2,2-5H3,(H,58,59)(H,60,62)(H,63,68)/t35?,46-,55?/m0/s1.